The molecule has 31 heavy (non-hydrogen) atoms. The van der Waals surface area contributed by atoms with Gasteiger partial charge < -0.3 is 16.2 Å². The minimum atomic E-state index is -0.250. The minimum Gasteiger partial charge on any atom is -0.483 e. The van der Waals surface area contributed by atoms with E-state index in [0.717, 1.165) is 37.2 Å². The van der Waals surface area contributed by atoms with Crippen LogP contribution in [-0.4, -0.2) is 68.6 Å². The Balaban J connectivity index is 0.000000858. The van der Waals surface area contributed by atoms with E-state index in [-0.39, 0.29) is 12.4 Å². The summed E-state index contributed by atoms with van der Waals surface area (Å²) >= 11 is 0. The topological polar surface area (TPSA) is 120 Å². The number of nitrogens with one attached hydrogen (secondary N) is 1. The van der Waals surface area contributed by atoms with Crippen LogP contribution in [0.1, 0.15) is 43.5 Å². The van der Waals surface area contributed by atoms with Gasteiger partial charge in [-0.3, -0.25) is 14.6 Å². The zero-order chi connectivity index (χ0) is 22.1. The van der Waals surface area contributed by atoms with Gasteiger partial charge in [-0.1, -0.05) is 25.0 Å². The first-order valence-corrected chi connectivity index (χ1v) is 11.0. The van der Waals surface area contributed by atoms with Gasteiger partial charge >= 0.3 is 0 Å². The molecule has 0 radical (unpaired) electrons. The molecule has 0 bridgehead atoms. The molecule has 1 saturated carbocycles. The largest absolute Gasteiger partial charge is 0.483 e. The van der Waals surface area contributed by atoms with E-state index in [2.05, 4.69) is 49.1 Å². The Hall–Kier alpha value is -2.78. The zero-order valence-electron chi connectivity index (χ0n) is 18.2. The summed E-state index contributed by atoms with van der Waals surface area (Å²) in [6.45, 7) is 7.01. The molecule has 0 unspecified atom stereocenters. The number of carbonyl (C=O) groups is 1. The Morgan fingerprint density at radius 2 is 1.90 bits per heavy atom. The highest BCUT2D eigenvalue weighted by atomic mass is 16.3. The Morgan fingerprint density at radius 3 is 2.65 bits per heavy atom. The van der Waals surface area contributed by atoms with E-state index in [1.807, 2.05) is 12.1 Å². The summed E-state index contributed by atoms with van der Waals surface area (Å²) in [5.41, 5.74) is 8.10. The Bertz CT molecular complexity index is 842. The van der Waals surface area contributed by atoms with Gasteiger partial charge in [0.1, 0.15) is 5.82 Å². The maximum Gasteiger partial charge on any atom is 0.290 e. The lowest BCUT2D eigenvalue weighted by atomic mass is 10.2. The van der Waals surface area contributed by atoms with Crippen molar-refractivity contribution in [3.05, 3.63) is 35.7 Å². The number of nitrogens with two attached hydrogens (primary N) is 1. The second kappa shape index (κ2) is 11.6. The molecule has 1 aromatic carbocycles. The minimum absolute atomic E-state index is 0.250. The van der Waals surface area contributed by atoms with E-state index in [0.29, 0.717) is 12.5 Å². The van der Waals surface area contributed by atoms with Crippen molar-refractivity contribution in [3.8, 4) is 0 Å². The van der Waals surface area contributed by atoms with E-state index in [4.69, 9.17) is 15.6 Å². The van der Waals surface area contributed by atoms with Gasteiger partial charge in [0.25, 0.3) is 6.47 Å². The molecule has 2 aliphatic rings. The monoisotopic (exact) mass is 427 g/mol. The molecule has 0 amide bonds. The maximum absolute atomic E-state index is 8.36. The lowest BCUT2D eigenvalue weighted by Gasteiger charge is -2.27. The second-order valence-electron chi connectivity index (χ2n) is 8.14. The highest BCUT2D eigenvalue weighted by molar-refractivity contribution is 5.54. The predicted octanol–water partition coefficient (Wildman–Crippen LogP) is 2.66. The molecule has 2 aromatic rings. The van der Waals surface area contributed by atoms with Gasteiger partial charge in [-0.2, -0.15) is 15.0 Å². The SMILES string of the molecule is Cc1cccc(Nc2nc(N)nc(CN3CCCN(C4CCCC4)CC3)n2)c1.O=CO. The van der Waals surface area contributed by atoms with Gasteiger partial charge in [-0.25, -0.2) is 0 Å². The second-order valence-corrected chi connectivity index (χ2v) is 8.14. The molecular formula is C22H33N7O2. The van der Waals surface area contributed by atoms with Crippen LogP contribution in [0.4, 0.5) is 17.6 Å². The first-order valence-electron chi connectivity index (χ1n) is 11.0. The van der Waals surface area contributed by atoms with Gasteiger partial charge in [-0.05, 0) is 57.0 Å². The van der Waals surface area contributed by atoms with Crippen molar-refractivity contribution in [1.82, 2.24) is 24.8 Å². The van der Waals surface area contributed by atoms with Crippen LogP contribution < -0.4 is 11.1 Å². The molecule has 0 spiro atoms. The molecule has 2 fully saturated rings. The number of anilines is 3. The van der Waals surface area contributed by atoms with Gasteiger partial charge in [0, 0.05) is 24.8 Å². The molecule has 9 heteroatoms. The quantitative estimate of drug-likeness (QED) is 0.618. The van der Waals surface area contributed by atoms with Crippen LogP contribution in [-0.2, 0) is 11.3 Å². The number of nitrogens with zero attached hydrogens (tertiary/aromatic N) is 5. The molecule has 4 rings (SSSR count). The van der Waals surface area contributed by atoms with Crippen molar-refractivity contribution in [2.24, 2.45) is 0 Å². The molecule has 1 aromatic heterocycles. The van der Waals surface area contributed by atoms with Crippen molar-refractivity contribution in [2.75, 3.05) is 37.2 Å². The van der Waals surface area contributed by atoms with Gasteiger partial charge in [-0.15, -0.1) is 0 Å². The summed E-state index contributed by atoms with van der Waals surface area (Å²) in [5, 5.41) is 10.1. The number of benzene rings is 1. The van der Waals surface area contributed by atoms with Crippen molar-refractivity contribution in [3.63, 3.8) is 0 Å². The number of carboxylic acid groups (broad SMARTS) is 1. The summed E-state index contributed by atoms with van der Waals surface area (Å²) in [5.74, 6) is 1.51. The van der Waals surface area contributed by atoms with Gasteiger partial charge in [0.05, 0.1) is 6.54 Å². The van der Waals surface area contributed by atoms with Crippen molar-refractivity contribution >= 4 is 24.1 Å². The number of aromatic nitrogens is 3. The van der Waals surface area contributed by atoms with Crippen LogP contribution in [0, 0.1) is 6.92 Å². The molecular weight excluding hydrogens is 394 g/mol. The fourth-order valence-electron chi connectivity index (χ4n) is 4.40. The molecule has 1 aliphatic carbocycles. The summed E-state index contributed by atoms with van der Waals surface area (Å²) in [7, 11) is 0. The molecule has 9 nitrogen and oxygen atoms in total. The van der Waals surface area contributed by atoms with Gasteiger partial charge in [0.15, 0.2) is 0 Å². The highest BCUT2D eigenvalue weighted by Crippen LogP contribution is 2.24. The Morgan fingerprint density at radius 1 is 1.13 bits per heavy atom. The zero-order valence-corrected chi connectivity index (χ0v) is 18.2. The molecule has 1 aliphatic heterocycles. The summed E-state index contributed by atoms with van der Waals surface area (Å²) in [4.78, 5) is 26.7. The first kappa shape index (κ1) is 22.9. The number of nitrogen functional groups attached to an aromatic ring is 1. The third kappa shape index (κ3) is 7.15. The van der Waals surface area contributed by atoms with Crippen LogP contribution in [0.2, 0.25) is 0 Å². The number of hydrogen-bond donors (Lipinski definition) is 3. The Labute approximate surface area is 183 Å². The highest BCUT2D eigenvalue weighted by Gasteiger charge is 2.25. The van der Waals surface area contributed by atoms with Crippen LogP contribution in [0.15, 0.2) is 24.3 Å². The smallest absolute Gasteiger partial charge is 0.290 e. The van der Waals surface area contributed by atoms with E-state index in [1.165, 1.54) is 44.2 Å². The molecule has 2 heterocycles. The third-order valence-electron chi connectivity index (χ3n) is 5.80. The van der Waals surface area contributed by atoms with Crippen LogP contribution in [0.25, 0.3) is 0 Å². The fraction of sp³-hybridized carbons (Fsp3) is 0.545. The number of rotatable bonds is 5. The average Bonchev–Trinajstić information content (AvgIpc) is 3.16. The molecule has 4 N–H and O–H groups in total. The van der Waals surface area contributed by atoms with Gasteiger partial charge in [0.2, 0.25) is 11.9 Å². The molecule has 1 saturated heterocycles. The maximum atomic E-state index is 8.36. The lowest BCUT2D eigenvalue weighted by molar-refractivity contribution is -0.122. The number of hydrogen-bond acceptors (Lipinski definition) is 8. The van der Waals surface area contributed by atoms with Crippen LogP contribution in [0.3, 0.4) is 0 Å². The fourth-order valence-corrected chi connectivity index (χ4v) is 4.40. The van der Waals surface area contributed by atoms with E-state index >= 15 is 0 Å². The van der Waals surface area contributed by atoms with Crippen LogP contribution >= 0.6 is 0 Å². The van der Waals surface area contributed by atoms with Crippen molar-refractivity contribution in [2.45, 2.75) is 51.6 Å². The summed E-state index contributed by atoms with van der Waals surface area (Å²) < 4.78 is 0. The standard InChI is InChI=1S/C21H31N7.CH2O2/c1-16-6-4-7-17(14-16)23-21-25-19(24-20(22)26-21)15-27-10-5-11-28(13-12-27)18-8-2-3-9-18;2-1-3/h4,6-7,14,18H,2-3,5,8-13,15H2,1H3,(H3,22,23,24,25,26);1H,(H,2,3). The van der Waals surface area contributed by atoms with E-state index in [1.54, 1.807) is 0 Å². The third-order valence-corrected chi connectivity index (χ3v) is 5.80. The first-order chi connectivity index (χ1) is 15.1. The Kier molecular flexibility index (Phi) is 8.54. The van der Waals surface area contributed by atoms with E-state index in [9.17, 15) is 0 Å². The van der Waals surface area contributed by atoms with Crippen molar-refractivity contribution in [1.29, 1.82) is 0 Å². The summed E-state index contributed by atoms with van der Waals surface area (Å²) in [6.07, 6.45) is 6.74. The van der Waals surface area contributed by atoms with E-state index < -0.39 is 0 Å². The molecule has 0 atom stereocenters. The van der Waals surface area contributed by atoms with Crippen LogP contribution in [0.5, 0.6) is 0 Å². The normalized spacial score (nSPS) is 18.1. The summed E-state index contributed by atoms with van der Waals surface area (Å²) in [6, 6.07) is 8.94. The lowest BCUT2D eigenvalue weighted by Crippen LogP contribution is -2.36. The predicted molar refractivity (Wildman–Crippen MR) is 121 cm³/mol. The van der Waals surface area contributed by atoms with Crippen molar-refractivity contribution < 1.29 is 9.90 Å². The average molecular weight is 428 g/mol. The number of aryl methyl sites for hydroxylation is 1. The molecule has 168 valence electrons.